The number of carbonyl (C=O) groups is 1. The number of anilines is 1. The van der Waals surface area contributed by atoms with Gasteiger partial charge in [-0.1, -0.05) is 0 Å². The van der Waals surface area contributed by atoms with Gasteiger partial charge in [0, 0.05) is 27.7 Å². The molecule has 1 fully saturated rings. The molecule has 0 atom stereocenters. The number of primary amides is 1. The number of nitrogens with two attached hydrogens (primary N) is 1. The van der Waals surface area contributed by atoms with Gasteiger partial charge in [0.15, 0.2) is 0 Å². The van der Waals surface area contributed by atoms with Crippen LogP contribution in [0.2, 0.25) is 0 Å². The molecular formula is C19H23N5OS. The Hall–Kier alpha value is -2.25. The number of hydrogen-bond acceptors (Lipinski definition) is 6. The second kappa shape index (κ2) is 6.81. The van der Waals surface area contributed by atoms with Crippen molar-refractivity contribution in [3.05, 3.63) is 30.1 Å². The third kappa shape index (κ3) is 3.12. The molecule has 1 aliphatic carbocycles. The van der Waals surface area contributed by atoms with Crippen LogP contribution < -0.4 is 11.1 Å². The van der Waals surface area contributed by atoms with E-state index in [1.165, 1.54) is 12.8 Å². The van der Waals surface area contributed by atoms with Crippen molar-refractivity contribution in [2.75, 3.05) is 19.4 Å². The minimum absolute atomic E-state index is 0.415. The fourth-order valence-electron chi connectivity index (χ4n) is 3.80. The van der Waals surface area contributed by atoms with Crippen LogP contribution in [0, 0.1) is 0 Å². The predicted molar refractivity (Wildman–Crippen MR) is 107 cm³/mol. The number of aromatic nitrogens is 2. The Morgan fingerprint density at radius 3 is 2.69 bits per heavy atom. The normalized spacial score (nSPS) is 20.7. The molecule has 0 radical (unpaired) electrons. The minimum atomic E-state index is -0.417. The summed E-state index contributed by atoms with van der Waals surface area (Å²) in [5.74, 6) is 0.441. The third-order valence-corrected chi connectivity index (χ3v) is 6.40. The number of nitrogens with one attached hydrogen (secondary N) is 1. The molecule has 3 N–H and O–H groups in total. The lowest BCUT2D eigenvalue weighted by atomic mass is 9.90. The first kappa shape index (κ1) is 17.2. The van der Waals surface area contributed by atoms with Crippen LogP contribution in [0.5, 0.6) is 0 Å². The molecule has 1 amide bonds. The van der Waals surface area contributed by atoms with E-state index in [2.05, 4.69) is 34.3 Å². The topological polar surface area (TPSA) is 84.1 Å². The molecule has 1 aliphatic rings. The van der Waals surface area contributed by atoms with Crippen LogP contribution >= 0.6 is 11.3 Å². The number of thiophene rings is 1. The van der Waals surface area contributed by atoms with Crippen LogP contribution in [-0.2, 0) is 0 Å². The average Bonchev–Trinajstić information content (AvgIpc) is 3.00. The third-order valence-electron chi connectivity index (χ3n) is 5.32. The van der Waals surface area contributed by atoms with E-state index in [4.69, 9.17) is 5.73 Å². The van der Waals surface area contributed by atoms with E-state index in [-0.39, 0.29) is 0 Å². The first-order chi connectivity index (χ1) is 12.5. The summed E-state index contributed by atoms with van der Waals surface area (Å²) >= 11 is 1.61. The van der Waals surface area contributed by atoms with Gasteiger partial charge in [0.1, 0.15) is 17.0 Å². The predicted octanol–water partition coefficient (Wildman–Crippen LogP) is 3.23. The van der Waals surface area contributed by atoms with E-state index < -0.39 is 5.91 Å². The van der Waals surface area contributed by atoms with Gasteiger partial charge in [0.2, 0.25) is 5.91 Å². The summed E-state index contributed by atoms with van der Waals surface area (Å²) in [6, 6.07) is 6.64. The Balaban J connectivity index is 1.68. The molecule has 0 spiro atoms. The maximum Gasteiger partial charge on any atom is 0.248 e. The first-order valence-corrected chi connectivity index (χ1v) is 9.74. The number of fused-ring (bicyclic) bond motifs is 3. The maximum atomic E-state index is 11.6. The molecule has 6 nitrogen and oxygen atoms in total. The van der Waals surface area contributed by atoms with Crippen LogP contribution in [0.15, 0.2) is 24.5 Å². The number of carbonyl (C=O) groups excluding carboxylic acids is 1. The maximum absolute atomic E-state index is 11.6. The largest absolute Gasteiger partial charge is 0.367 e. The summed E-state index contributed by atoms with van der Waals surface area (Å²) in [6.07, 6.45) is 6.25. The zero-order valence-electron chi connectivity index (χ0n) is 15.0. The van der Waals surface area contributed by atoms with Gasteiger partial charge >= 0.3 is 0 Å². The molecule has 136 valence electrons. The molecule has 4 rings (SSSR count). The molecule has 26 heavy (non-hydrogen) atoms. The molecule has 7 heteroatoms. The number of amides is 1. The Labute approximate surface area is 156 Å². The van der Waals surface area contributed by atoms with Gasteiger partial charge in [-0.25, -0.2) is 9.97 Å². The highest BCUT2D eigenvalue weighted by atomic mass is 32.1. The van der Waals surface area contributed by atoms with Crippen LogP contribution in [0.25, 0.3) is 20.3 Å². The second-order valence-electron chi connectivity index (χ2n) is 7.19. The summed E-state index contributed by atoms with van der Waals surface area (Å²) in [5.41, 5.74) is 5.97. The summed E-state index contributed by atoms with van der Waals surface area (Å²) in [7, 11) is 4.31. The Morgan fingerprint density at radius 1 is 1.23 bits per heavy atom. The molecule has 2 heterocycles. The van der Waals surface area contributed by atoms with Crippen LogP contribution in [0.4, 0.5) is 5.82 Å². The second-order valence-corrected chi connectivity index (χ2v) is 8.22. The lowest BCUT2D eigenvalue weighted by molar-refractivity contribution is 0.100. The van der Waals surface area contributed by atoms with E-state index in [0.717, 1.165) is 39.0 Å². The molecular weight excluding hydrogens is 346 g/mol. The van der Waals surface area contributed by atoms with Crippen molar-refractivity contribution in [1.82, 2.24) is 14.9 Å². The molecule has 0 saturated heterocycles. The van der Waals surface area contributed by atoms with Crippen molar-refractivity contribution in [3.63, 3.8) is 0 Å². The van der Waals surface area contributed by atoms with Crippen molar-refractivity contribution in [1.29, 1.82) is 0 Å². The zero-order valence-corrected chi connectivity index (χ0v) is 15.8. The molecule has 1 saturated carbocycles. The summed E-state index contributed by atoms with van der Waals surface area (Å²) in [5, 5.41) is 5.61. The summed E-state index contributed by atoms with van der Waals surface area (Å²) < 4.78 is 1.09. The molecule has 3 aromatic rings. The van der Waals surface area contributed by atoms with E-state index in [1.54, 1.807) is 23.7 Å². The molecule has 0 bridgehead atoms. The van der Waals surface area contributed by atoms with Gasteiger partial charge in [-0.2, -0.15) is 0 Å². The average molecular weight is 369 g/mol. The zero-order chi connectivity index (χ0) is 18.3. The van der Waals surface area contributed by atoms with Gasteiger partial charge in [-0.05, 0) is 58.0 Å². The Bertz CT molecular complexity index is 959. The lowest BCUT2D eigenvalue weighted by Crippen LogP contribution is -2.36. The fraction of sp³-hybridized carbons (Fsp3) is 0.421. The number of hydrogen-bond donors (Lipinski definition) is 2. The standard InChI is InChI=1S/C19H23N5OS/c1-24(2)13-6-4-12(5-7-13)23-18-16-14-9-11(17(20)25)3-8-15(14)26-19(16)22-10-21-18/h3,8-10,12-13H,4-7H2,1-2H3,(H2,20,25)(H,21,22,23)/t12-,13-. The Kier molecular flexibility index (Phi) is 4.50. The number of benzene rings is 1. The SMILES string of the molecule is CN(C)[C@H]1CC[C@H](Nc2ncnc3sc4ccc(C(N)=O)cc4c23)CC1. The van der Waals surface area contributed by atoms with E-state index in [0.29, 0.717) is 17.6 Å². The van der Waals surface area contributed by atoms with Crippen molar-refractivity contribution in [2.45, 2.75) is 37.8 Å². The highest BCUT2D eigenvalue weighted by Crippen LogP contribution is 2.37. The van der Waals surface area contributed by atoms with Crippen molar-refractivity contribution >= 4 is 43.4 Å². The quantitative estimate of drug-likeness (QED) is 0.738. The van der Waals surface area contributed by atoms with E-state index in [1.807, 2.05) is 12.1 Å². The van der Waals surface area contributed by atoms with Gasteiger partial charge in [-0.3, -0.25) is 4.79 Å². The van der Waals surface area contributed by atoms with Crippen LogP contribution in [0.1, 0.15) is 36.0 Å². The molecule has 0 unspecified atom stereocenters. The van der Waals surface area contributed by atoms with Crippen molar-refractivity contribution < 1.29 is 4.79 Å². The lowest BCUT2D eigenvalue weighted by Gasteiger charge is -2.33. The first-order valence-electron chi connectivity index (χ1n) is 8.93. The Morgan fingerprint density at radius 2 is 2.00 bits per heavy atom. The van der Waals surface area contributed by atoms with Gasteiger partial charge in [-0.15, -0.1) is 11.3 Å². The van der Waals surface area contributed by atoms with Crippen LogP contribution in [0.3, 0.4) is 0 Å². The molecule has 1 aromatic carbocycles. The fourth-order valence-corrected chi connectivity index (χ4v) is 4.82. The highest BCUT2D eigenvalue weighted by Gasteiger charge is 2.23. The number of nitrogens with zero attached hydrogens (tertiary/aromatic N) is 3. The van der Waals surface area contributed by atoms with Crippen LogP contribution in [-0.4, -0.2) is 47.0 Å². The summed E-state index contributed by atoms with van der Waals surface area (Å²) in [6.45, 7) is 0. The van der Waals surface area contributed by atoms with Gasteiger partial charge < -0.3 is 16.0 Å². The van der Waals surface area contributed by atoms with E-state index >= 15 is 0 Å². The minimum Gasteiger partial charge on any atom is -0.367 e. The van der Waals surface area contributed by atoms with Crippen molar-refractivity contribution in [2.24, 2.45) is 5.73 Å². The van der Waals surface area contributed by atoms with Crippen molar-refractivity contribution in [3.8, 4) is 0 Å². The van der Waals surface area contributed by atoms with Gasteiger partial charge in [0.25, 0.3) is 0 Å². The molecule has 2 aromatic heterocycles. The highest BCUT2D eigenvalue weighted by molar-refractivity contribution is 7.25. The van der Waals surface area contributed by atoms with Gasteiger partial charge in [0.05, 0.1) is 5.39 Å². The number of rotatable bonds is 4. The van der Waals surface area contributed by atoms with E-state index in [9.17, 15) is 4.79 Å². The summed E-state index contributed by atoms with van der Waals surface area (Å²) in [4.78, 5) is 23.7. The monoisotopic (exact) mass is 369 g/mol. The smallest absolute Gasteiger partial charge is 0.248 e. The molecule has 0 aliphatic heterocycles.